The largest absolute Gasteiger partial charge is 0.507 e. The van der Waals surface area contributed by atoms with Gasteiger partial charge in [0.25, 0.3) is 0 Å². The van der Waals surface area contributed by atoms with Crippen LogP contribution in [0.4, 0.5) is 5.82 Å². The molecule has 1 saturated carbocycles. The van der Waals surface area contributed by atoms with Gasteiger partial charge in [0.15, 0.2) is 0 Å². The third kappa shape index (κ3) is 3.91. The first-order chi connectivity index (χ1) is 22.3. The van der Waals surface area contributed by atoms with Crippen molar-refractivity contribution in [2.24, 2.45) is 36.1 Å². The summed E-state index contributed by atoms with van der Waals surface area (Å²) in [4.78, 5) is 59.4. The minimum Gasteiger partial charge on any atom is -0.507 e. The molecule has 0 bridgehead atoms. The van der Waals surface area contributed by atoms with Crippen molar-refractivity contribution in [3.8, 4) is 16.3 Å². The molecule has 0 unspecified atom stereocenters. The lowest BCUT2D eigenvalue weighted by Crippen LogP contribution is -2.48. The number of amides is 4. The molecule has 4 amide bonds. The molecule has 3 fully saturated rings. The van der Waals surface area contributed by atoms with E-state index in [1.54, 1.807) is 48.2 Å². The maximum absolute atomic E-state index is 14.9. The van der Waals surface area contributed by atoms with Gasteiger partial charge in [0.1, 0.15) is 17.3 Å². The molecule has 47 heavy (non-hydrogen) atoms. The molecule has 6 atom stereocenters. The topological polar surface area (TPSA) is 113 Å². The molecule has 4 aliphatic rings. The number of aromatic nitrogens is 2. The van der Waals surface area contributed by atoms with E-state index in [0.29, 0.717) is 34.1 Å². The first-order valence-corrected chi connectivity index (χ1v) is 16.9. The van der Waals surface area contributed by atoms with Crippen LogP contribution < -0.4 is 4.90 Å². The van der Waals surface area contributed by atoms with Crippen LogP contribution in [0.25, 0.3) is 20.7 Å². The average molecular weight is 669 g/mol. The second-order valence-corrected chi connectivity index (χ2v) is 15.1. The smallest absolute Gasteiger partial charge is 0.242 e. The number of halogens is 1. The molecule has 4 aromatic rings. The highest BCUT2D eigenvalue weighted by molar-refractivity contribution is 7.22. The summed E-state index contributed by atoms with van der Waals surface area (Å²) in [5.74, 6) is -3.79. The van der Waals surface area contributed by atoms with Crippen LogP contribution in [0.15, 0.2) is 54.1 Å². The zero-order valence-corrected chi connectivity index (χ0v) is 28.1. The molecule has 240 valence electrons. The van der Waals surface area contributed by atoms with E-state index in [2.05, 4.69) is 0 Å². The molecule has 11 heteroatoms. The van der Waals surface area contributed by atoms with Crippen LogP contribution in [0.2, 0.25) is 5.02 Å². The number of rotatable bonds is 3. The van der Waals surface area contributed by atoms with Gasteiger partial charge in [-0.05, 0) is 74.2 Å². The van der Waals surface area contributed by atoms with E-state index in [4.69, 9.17) is 16.7 Å². The molecule has 2 aliphatic heterocycles. The number of phenols is 1. The predicted octanol–water partition coefficient (Wildman–Crippen LogP) is 6.14. The lowest BCUT2D eigenvalue weighted by atomic mass is 9.51. The number of thiophene rings is 1. The lowest BCUT2D eigenvalue weighted by molar-refractivity contribution is -0.138. The number of carbonyl (C=O) groups excluding carboxylic acids is 4. The van der Waals surface area contributed by atoms with Crippen LogP contribution in [0.1, 0.15) is 42.4 Å². The Morgan fingerprint density at radius 3 is 2.53 bits per heavy atom. The van der Waals surface area contributed by atoms with Crippen molar-refractivity contribution < 1.29 is 24.3 Å². The van der Waals surface area contributed by atoms with Gasteiger partial charge < -0.3 is 5.11 Å². The van der Waals surface area contributed by atoms with Crippen LogP contribution in [0.3, 0.4) is 0 Å². The zero-order valence-electron chi connectivity index (χ0n) is 26.6. The Hall–Kier alpha value is -4.28. The van der Waals surface area contributed by atoms with E-state index in [-0.39, 0.29) is 35.8 Å². The standard InChI is InChI=1S/C36H33ClN4O5S/c1-16-7-6-8-21(30(16)42)29-19-10-11-20-28(34(45)39(4)32(20)43)23(19)14-24-33(44)41(35(46)36(24,29)3)27-15-25(38-40(27)5)31-17(2)22-13-18(37)9-12-26(22)47-31/h6-10,12-13,15,20,23-24,28-29,42H,11,14H2,1-5H3/t20-,23+,24-,28-,29+,36+/m0/s1. The van der Waals surface area contributed by atoms with Crippen molar-refractivity contribution in [1.29, 1.82) is 0 Å². The maximum atomic E-state index is 14.9. The van der Waals surface area contributed by atoms with E-state index < -0.39 is 35.0 Å². The summed E-state index contributed by atoms with van der Waals surface area (Å²) >= 11 is 7.86. The first kappa shape index (κ1) is 30.1. The number of likely N-dealkylation sites (tertiary alicyclic amines) is 1. The number of benzene rings is 2. The normalized spacial score (nSPS) is 28.6. The fourth-order valence-electron chi connectivity index (χ4n) is 8.87. The zero-order chi connectivity index (χ0) is 33.3. The summed E-state index contributed by atoms with van der Waals surface area (Å²) in [6.45, 7) is 5.63. The maximum Gasteiger partial charge on any atom is 0.242 e. The molecule has 1 N–H and O–H groups in total. The van der Waals surface area contributed by atoms with Gasteiger partial charge in [-0.25, -0.2) is 4.90 Å². The monoisotopic (exact) mass is 668 g/mol. The van der Waals surface area contributed by atoms with Gasteiger partial charge in [-0.2, -0.15) is 5.10 Å². The van der Waals surface area contributed by atoms with Gasteiger partial charge in [0.2, 0.25) is 23.6 Å². The molecular weight excluding hydrogens is 636 g/mol. The van der Waals surface area contributed by atoms with Gasteiger partial charge in [0.05, 0.1) is 28.0 Å². The Kier molecular flexibility index (Phi) is 6.47. The lowest BCUT2D eigenvalue weighted by Gasteiger charge is -2.49. The Morgan fingerprint density at radius 2 is 1.77 bits per heavy atom. The fourth-order valence-corrected chi connectivity index (χ4v) is 10.2. The Morgan fingerprint density at radius 1 is 1.00 bits per heavy atom. The minimum absolute atomic E-state index is 0.0638. The number of nitrogens with zero attached hydrogens (tertiary/aromatic N) is 4. The molecule has 9 nitrogen and oxygen atoms in total. The number of phenolic OH excluding ortho intramolecular Hbond substituents is 1. The van der Waals surface area contributed by atoms with Gasteiger partial charge in [-0.15, -0.1) is 11.3 Å². The van der Waals surface area contributed by atoms with Crippen molar-refractivity contribution >= 4 is 62.5 Å². The summed E-state index contributed by atoms with van der Waals surface area (Å²) in [6, 6.07) is 13.0. The van der Waals surface area contributed by atoms with Gasteiger partial charge >= 0.3 is 0 Å². The molecule has 0 radical (unpaired) electrons. The molecule has 2 aromatic carbocycles. The number of carbonyl (C=O) groups is 4. The molecule has 2 aromatic heterocycles. The van der Waals surface area contributed by atoms with Gasteiger partial charge in [0, 0.05) is 41.4 Å². The summed E-state index contributed by atoms with van der Waals surface area (Å²) in [5, 5.41) is 17.9. The number of allylic oxidation sites excluding steroid dienone is 2. The van der Waals surface area contributed by atoms with E-state index in [9.17, 15) is 24.3 Å². The SMILES string of the molecule is Cc1cccc([C@H]2C3=CC[C@@H]4C(=O)N(C)C(=O)[C@@H]4[C@@H]3C[C@H]3C(=O)N(c4cc(-c5sc6ccc(Cl)cc6c5C)nn4C)C(=O)[C@@]23C)c1O. The van der Waals surface area contributed by atoms with Crippen molar-refractivity contribution in [2.75, 3.05) is 11.9 Å². The van der Waals surface area contributed by atoms with Crippen molar-refractivity contribution in [1.82, 2.24) is 14.7 Å². The highest BCUT2D eigenvalue weighted by Crippen LogP contribution is 2.64. The van der Waals surface area contributed by atoms with Crippen LogP contribution in [-0.4, -0.2) is 50.5 Å². The number of fused-ring (bicyclic) bond motifs is 5. The number of hydrogen-bond acceptors (Lipinski definition) is 7. The molecule has 8 rings (SSSR count). The van der Waals surface area contributed by atoms with Gasteiger partial charge in [-0.1, -0.05) is 41.4 Å². The third-order valence-electron chi connectivity index (χ3n) is 11.3. The molecule has 0 spiro atoms. The fraction of sp³-hybridized carbons (Fsp3) is 0.361. The third-order valence-corrected chi connectivity index (χ3v) is 12.8. The summed E-state index contributed by atoms with van der Waals surface area (Å²) in [6.07, 6.45) is 2.61. The van der Waals surface area contributed by atoms with Crippen LogP contribution in [-0.2, 0) is 26.2 Å². The second kappa shape index (κ2) is 10.1. The average Bonchev–Trinajstić information content (AvgIpc) is 3.70. The quantitative estimate of drug-likeness (QED) is 0.207. The van der Waals surface area contributed by atoms with Crippen molar-refractivity contribution in [3.05, 3.63) is 75.8 Å². The number of hydrogen-bond donors (Lipinski definition) is 1. The number of anilines is 1. The molecular formula is C36H33ClN4O5S. The van der Waals surface area contributed by atoms with E-state index in [1.165, 1.54) is 16.8 Å². The second-order valence-electron chi connectivity index (χ2n) is 13.6. The first-order valence-electron chi connectivity index (χ1n) is 15.8. The Bertz CT molecular complexity index is 2130. The molecule has 2 saturated heterocycles. The van der Waals surface area contributed by atoms with E-state index in [1.807, 2.05) is 44.2 Å². The Labute approximate surface area is 280 Å². The minimum atomic E-state index is -1.26. The van der Waals surface area contributed by atoms with E-state index >= 15 is 0 Å². The molecule has 4 heterocycles. The predicted molar refractivity (Wildman–Crippen MR) is 179 cm³/mol. The van der Waals surface area contributed by atoms with Gasteiger partial charge in [-0.3, -0.25) is 28.8 Å². The van der Waals surface area contributed by atoms with Crippen molar-refractivity contribution in [3.63, 3.8) is 0 Å². The number of imide groups is 2. The van der Waals surface area contributed by atoms with Crippen LogP contribution in [0.5, 0.6) is 5.75 Å². The number of aryl methyl sites for hydroxylation is 3. The number of aromatic hydroxyl groups is 1. The Balaban J connectivity index is 1.27. The summed E-state index contributed by atoms with van der Waals surface area (Å²) < 4.78 is 2.62. The molecule has 2 aliphatic carbocycles. The number of para-hydroxylation sites is 1. The summed E-state index contributed by atoms with van der Waals surface area (Å²) in [7, 11) is 3.23. The van der Waals surface area contributed by atoms with Crippen LogP contribution >= 0.6 is 22.9 Å². The highest BCUT2D eigenvalue weighted by Gasteiger charge is 2.68. The summed E-state index contributed by atoms with van der Waals surface area (Å²) in [5.41, 5.74) is 2.43. The van der Waals surface area contributed by atoms with Crippen LogP contribution in [0, 0.1) is 42.9 Å². The van der Waals surface area contributed by atoms with Crippen molar-refractivity contribution in [2.45, 2.75) is 39.5 Å². The van der Waals surface area contributed by atoms with E-state index in [0.717, 1.165) is 26.1 Å². The highest BCUT2D eigenvalue weighted by atomic mass is 35.5.